The molecule has 0 radical (unpaired) electrons. The van der Waals surface area contributed by atoms with Gasteiger partial charge in [0.25, 0.3) is 0 Å². The molecule has 6 heteroatoms. The number of nitrogens with zero attached hydrogens (tertiary/aromatic N) is 3. The van der Waals surface area contributed by atoms with Crippen molar-refractivity contribution in [3.63, 3.8) is 0 Å². The van der Waals surface area contributed by atoms with Crippen LogP contribution in [-0.2, 0) is 0 Å². The van der Waals surface area contributed by atoms with Gasteiger partial charge in [0, 0.05) is 12.2 Å². The normalized spacial score (nSPS) is 9.74. The summed E-state index contributed by atoms with van der Waals surface area (Å²) in [7, 11) is 1.63. The van der Waals surface area contributed by atoms with Crippen LogP contribution in [0.4, 0.5) is 17.5 Å². The fraction of sp³-hybridized carbons (Fsp3) is 0.154. The summed E-state index contributed by atoms with van der Waals surface area (Å²) >= 11 is 0. The van der Waals surface area contributed by atoms with Gasteiger partial charge < -0.3 is 15.4 Å². The van der Waals surface area contributed by atoms with Crippen molar-refractivity contribution in [3.05, 3.63) is 43.1 Å². The lowest BCUT2D eigenvalue weighted by Gasteiger charge is -2.07. The molecule has 2 rings (SSSR count). The van der Waals surface area contributed by atoms with Crippen LogP contribution in [0.2, 0.25) is 0 Å². The third-order valence-electron chi connectivity index (χ3n) is 2.33. The third-order valence-corrected chi connectivity index (χ3v) is 2.33. The fourth-order valence-electron chi connectivity index (χ4n) is 1.42. The molecule has 1 heterocycles. The van der Waals surface area contributed by atoms with Gasteiger partial charge in [-0.25, -0.2) is 0 Å². The van der Waals surface area contributed by atoms with Crippen LogP contribution in [0.25, 0.3) is 0 Å². The van der Waals surface area contributed by atoms with Crippen molar-refractivity contribution in [3.8, 4) is 5.75 Å². The van der Waals surface area contributed by atoms with Crippen molar-refractivity contribution in [1.29, 1.82) is 0 Å². The summed E-state index contributed by atoms with van der Waals surface area (Å²) in [5, 5.41) is 13.9. The second-order valence-electron chi connectivity index (χ2n) is 3.69. The van der Waals surface area contributed by atoms with Gasteiger partial charge in [0.15, 0.2) is 5.82 Å². The van der Waals surface area contributed by atoms with Crippen molar-refractivity contribution in [1.82, 2.24) is 15.2 Å². The van der Waals surface area contributed by atoms with E-state index in [-0.39, 0.29) is 0 Å². The highest BCUT2D eigenvalue weighted by molar-refractivity contribution is 5.55. The van der Waals surface area contributed by atoms with Crippen LogP contribution in [0.1, 0.15) is 0 Å². The molecule has 0 spiro atoms. The average Bonchev–Trinajstić information content (AvgIpc) is 2.46. The number of methoxy groups -OCH3 is 1. The highest BCUT2D eigenvalue weighted by Gasteiger charge is 2.01. The lowest BCUT2D eigenvalue weighted by molar-refractivity contribution is 0.415. The Hall–Kier alpha value is -2.63. The molecular weight excluding hydrogens is 242 g/mol. The molecule has 2 aromatic rings. The Bertz CT molecular complexity index is 541. The van der Waals surface area contributed by atoms with E-state index >= 15 is 0 Å². The first-order valence-electron chi connectivity index (χ1n) is 5.77. The van der Waals surface area contributed by atoms with E-state index in [9.17, 15) is 0 Å². The van der Waals surface area contributed by atoms with E-state index in [4.69, 9.17) is 4.74 Å². The molecule has 0 bridgehead atoms. The molecule has 19 heavy (non-hydrogen) atoms. The van der Waals surface area contributed by atoms with Crippen LogP contribution in [0, 0.1) is 0 Å². The lowest BCUT2D eigenvalue weighted by atomic mass is 10.3. The van der Waals surface area contributed by atoms with Gasteiger partial charge in [-0.3, -0.25) is 0 Å². The van der Waals surface area contributed by atoms with E-state index in [0.29, 0.717) is 18.3 Å². The summed E-state index contributed by atoms with van der Waals surface area (Å²) in [6.07, 6.45) is 3.31. The van der Waals surface area contributed by atoms with E-state index in [1.807, 2.05) is 24.3 Å². The monoisotopic (exact) mass is 257 g/mol. The predicted molar refractivity (Wildman–Crippen MR) is 74.8 cm³/mol. The highest BCUT2D eigenvalue weighted by Crippen LogP contribution is 2.17. The van der Waals surface area contributed by atoms with Gasteiger partial charge in [-0.05, 0) is 24.3 Å². The quantitative estimate of drug-likeness (QED) is 0.773. The second-order valence-corrected chi connectivity index (χ2v) is 3.69. The minimum Gasteiger partial charge on any atom is -0.497 e. The first-order valence-corrected chi connectivity index (χ1v) is 5.77. The molecule has 6 nitrogen and oxygen atoms in total. The molecular formula is C13H15N5O. The third kappa shape index (κ3) is 3.67. The minimum absolute atomic E-state index is 0.430. The van der Waals surface area contributed by atoms with Gasteiger partial charge in [-0.15, -0.1) is 11.7 Å². The number of benzene rings is 1. The maximum atomic E-state index is 5.09. The van der Waals surface area contributed by atoms with Gasteiger partial charge in [0.2, 0.25) is 5.95 Å². The van der Waals surface area contributed by atoms with Gasteiger partial charge >= 0.3 is 0 Å². The molecule has 0 amide bonds. The molecule has 0 unspecified atom stereocenters. The molecule has 0 saturated carbocycles. The van der Waals surface area contributed by atoms with E-state index in [2.05, 4.69) is 32.4 Å². The average molecular weight is 257 g/mol. The van der Waals surface area contributed by atoms with Gasteiger partial charge in [-0.2, -0.15) is 10.1 Å². The summed E-state index contributed by atoms with van der Waals surface area (Å²) in [6, 6.07) is 7.48. The molecule has 0 atom stereocenters. The Balaban J connectivity index is 2.06. The molecule has 98 valence electrons. The number of hydrogen-bond donors (Lipinski definition) is 2. The number of rotatable bonds is 6. The standard InChI is InChI=1S/C13H15N5O/c1-3-8-14-12-9-15-18-13(17-12)16-10-4-6-11(19-2)7-5-10/h3-7,9H,1,8H2,2H3,(H2,14,16,17,18). The number of aromatic nitrogens is 3. The number of nitrogens with one attached hydrogen (secondary N) is 2. The van der Waals surface area contributed by atoms with Crippen LogP contribution in [0.5, 0.6) is 5.75 Å². The first-order chi connectivity index (χ1) is 9.31. The summed E-state index contributed by atoms with van der Waals surface area (Å²) in [5.74, 6) is 1.87. The van der Waals surface area contributed by atoms with E-state index < -0.39 is 0 Å². The zero-order valence-electron chi connectivity index (χ0n) is 10.6. The molecule has 0 aliphatic heterocycles. The second kappa shape index (κ2) is 6.34. The van der Waals surface area contributed by atoms with Crippen LogP contribution in [0.15, 0.2) is 43.1 Å². The van der Waals surface area contributed by atoms with Crippen LogP contribution in [0.3, 0.4) is 0 Å². The van der Waals surface area contributed by atoms with Gasteiger partial charge in [-0.1, -0.05) is 6.08 Å². The van der Waals surface area contributed by atoms with Crippen molar-refractivity contribution < 1.29 is 4.74 Å². The molecule has 2 N–H and O–H groups in total. The van der Waals surface area contributed by atoms with E-state index in [1.165, 1.54) is 0 Å². The highest BCUT2D eigenvalue weighted by atomic mass is 16.5. The Morgan fingerprint density at radius 1 is 1.32 bits per heavy atom. The molecule has 1 aromatic carbocycles. The maximum absolute atomic E-state index is 5.09. The molecule has 0 aliphatic carbocycles. The largest absolute Gasteiger partial charge is 0.497 e. The Morgan fingerprint density at radius 3 is 2.79 bits per heavy atom. The van der Waals surface area contributed by atoms with Crippen molar-refractivity contribution in [2.24, 2.45) is 0 Å². The van der Waals surface area contributed by atoms with Crippen LogP contribution >= 0.6 is 0 Å². The zero-order chi connectivity index (χ0) is 13.5. The Kier molecular flexibility index (Phi) is 4.28. The Labute approximate surface area is 111 Å². The number of anilines is 3. The van der Waals surface area contributed by atoms with Crippen molar-refractivity contribution in [2.75, 3.05) is 24.3 Å². The van der Waals surface area contributed by atoms with E-state index in [0.717, 1.165) is 11.4 Å². The molecule has 0 fully saturated rings. The van der Waals surface area contributed by atoms with Crippen LogP contribution < -0.4 is 15.4 Å². The minimum atomic E-state index is 0.430. The van der Waals surface area contributed by atoms with Crippen molar-refractivity contribution >= 4 is 17.5 Å². The van der Waals surface area contributed by atoms with Crippen LogP contribution in [-0.4, -0.2) is 28.8 Å². The van der Waals surface area contributed by atoms with E-state index in [1.54, 1.807) is 19.4 Å². The summed E-state index contributed by atoms with van der Waals surface area (Å²) in [5.41, 5.74) is 0.864. The molecule has 0 saturated heterocycles. The lowest BCUT2D eigenvalue weighted by Crippen LogP contribution is -2.05. The first kappa shape index (κ1) is 12.8. The topological polar surface area (TPSA) is 72.0 Å². The smallest absolute Gasteiger partial charge is 0.249 e. The molecule has 1 aromatic heterocycles. The maximum Gasteiger partial charge on any atom is 0.249 e. The summed E-state index contributed by atoms with van der Waals surface area (Å²) in [6.45, 7) is 4.25. The summed E-state index contributed by atoms with van der Waals surface area (Å²) < 4.78 is 5.09. The number of ether oxygens (including phenoxy) is 1. The summed E-state index contributed by atoms with van der Waals surface area (Å²) in [4.78, 5) is 4.27. The molecule has 0 aliphatic rings. The Morgan fingerprint density at radius 2 is 2.11 bits per heavy atom. The predicted octanol–water partition coefficient (Wildman–Crippen LogP) is 2.22. The SMILES string of the molecule is C=CCNc1cnnc(Nc2ccc(OC)cc2)n1. The van der Waals surface area contributed by atoms with Crippen molar-refractivity contribution in [2.45, 2.75) is 0 Å². The zero-order valence-corrected chi connectivity index (χ0v) is 10.6. The number of hydrogen-bond acceptors (Lipinski definition) is 6. The fourth-order valence-corrected chi connectivity index (χ4v) is 1.42. The van der Waals surface area contributed by atoms with Gasteiger partial charge in [0.05, 0.1) is 13.3 Å². The van der Waals surface area contributed by atoms with Gasteiger partial charge in [0.1, 0.15) is 5.75 Å².